The van der Waals surface area contributed by atoms with Gasteiger partial charge >= 0.3 is 5.97 Å². The summed E-state index contributed by atoms with van der Waals surface area (Å²) in [4.78, 5) is 25.9. The molecule has 0 radical (unpaired) electrons. The van der Waals surface area contributed by atoms with Gasteiger partial charge < -0.3 is 14.5 Å². The van der Waals surface area contributed by atoms with Crippen LogP contribution < -0.4 is 0 Å². The van der Waals surface area contributed by atoms with Gasteiger partial charge in [-0.05, 0) is 31.0 Å². The van der Waals surface area contributed by atoms with Crippen molar-refractivity contribution >= 4 is 27.8 Å². The van der Waals surface area contributed by atoms with Gasteiger partial charge in [-0.3, -0.25) is 4.79 Å². The van der Waals surface area contributed by atoms with Crippen molar-refractivity contribution in [2.24, 2.45) is 0 Å². The number of carbonyl (C=O) groups is 2. The van der Waals surface area contributed by atoms with Crippen molar-refractivity contribution in [1.29, 1.82) is 0 Å². The summed E-state index contributed by atoms with van der Waals surface area (Å²) in [7, 11) is 0. The van der Waals surface area contributed by atoms with Crippen LogP contribution in [0.4, 0.5) is 0 Å². The van der Waals surface area contributed by atoms with Crippen LogP contribution in [-0.4, -0.2) is 33.1 Å². The zero-order chi connectivity index (χ0) is 16.7. The number of carbonyl (C=O) groups excluding carboxylic acids is 1. The molecule has 120 valence electrons. The topological polar surface area (TPSA) is 83.6 Å². The number of hydrogen-bond donors (Lipinski definition) is 1. The van der Waals surface area contributed by atoms with Crippen LogP contribution in [-0.2, 0) is 17.8 Å². The minimum atomic E-state index is -1.02. The van der Waals surface area contributed by atoms with Crippen LogP contribution >= 0.6 is 15.9 Å². The Hall–Kier alpha value is -2.15. The van der Waals surface area contributed by atoms with Gasteiger partial charge in [0.25, 0.3) is 5.91 Å². The van der Waals surface area contributed by atoms with E-state index in [1.54, 1.807) is 13.8 Å². The molecule has 3 rings (SSSR count). The van der Waals surface area contributed by atoms with Crippen molar-refractivity contribution in [1.82, 2.24) is 10.1 Å². The Labute approximate surface area is 141 Å². The molecular weight excluding hydrogens is 364 g/mol. The van der Waals surface area contributed by atoms with E-state index in [4.69, 9.17) is 4.52 Å². The van der Waals surface area contributed by atoms with E-state index in [0.29, 0.717) is 17.0 Å². The molecule has 0 saturated carbocycles. The lowest BCUT2D eigenvalue weighted by molar-refractivity contribution is -0.142. The van der Waals surface area contributed by atoms with E-state index in [2.05, 4.69) is 21.1 Å². The molecule has 23 heavy (non-hydrogen) atoms. The fourth-order valence-electron chi connectivity index (χ4n) is 2.94. The first-order valence-electron chi connectivity index (χ1n) is 7.13. The zero-order valence-corrected chi connectivity index (χ0v) is 14.3. The van der Waals surface area contributed by atoms with E-state index >= 15 is 0 Å². The summed E-state index contributed by atoms with van der Waals surface area (Å²) in [6.07, 6.45) is 0.265. The Bertz CT molecular complexity index is 780. The van der Waals surface area contributed by atoms with Crippen molar-refractivity contribution < 1.29 is 19.2 Å². The van der Waals surface area contributed by atoms with Crippen LogP contribution in [0.3, 0.4) is 0 Å². The van der Waals surface area contributed by atoms with Crippen LogP contribution in [0.15, 0.2) is 27.2 Å². The van der Waals surface area contributed by atoms with Crippen molar-refractivity contribution in [2.75, 3.05) is 0 Å². The Morgan fingerprint density at radius 3 is 2.74 bits per heavy atom. The van der Waals surface area contributed by atoms with Crippen molar-refractivity contribution in [3.8, 4) is 0 Å². The van der Waals surface area contributed by atoms with E-state index in [1.165, 1.54) is 4.90 Å². The molecule has 1 unspecified atom stereocenters. The van der Waals surface area contributed by atoms with Gasteiger partial charge in [0.2, 0.25) is 0 Å². The maximum Gasteiger partial charge on any atom is 0.326 e. The molecule has 1 N–H and O–H groups in total. The molecule has 2 aromatic rings. The third kappa shape index (κ3) is 2.65. The molecule has 0 saturated heterocycles. The SMILES string of the molecule is Cc1noc(C)c1C(=O)N1Cc2cccc(Br)c2CC1C(=O)O. The van der Waals surface area contributed by atoms with E-state index in [1.807, 2.05) is 18.2 Å². The highest BCUT2D eigenvalue weighted by Crippen LogP contribution is 2.31. The van der Waals surface area contributed by atoms with Gasteiger partial charge in [-0.15, -0.1) is 0 Å². The normalized spacial score (nSPS) is 17.0. The number of fused-ring (bicyclic) bond motifs is 1. The van der Waals surface area contributed by atoms with Gasteiger partial charge in [-0.2, -0.15) is 0 Å². The number of halogens is 1. The van der Waals surface area contributed by atoms with Crippen LogP contribution in [0.2, 0.25) is 0 Å². The number of hydrogen-bond acceptors (Lipinski definition) is 4. The molecule has 1 aromatic heterocycles. The minimum absolute atomic E-state index is 0.245. The van der Waals surface area contributed by atoms with Gasteiger partial charge in [-0.1, -0.05) is 33.2 Å². The van der Waals surface area contributed by atoms with E-state index in [0.717, 1.165) is 15.6 Å². The number of amides is 1. The van der Waals surface area contributed by atoms with Crippen molar-refractivity contribution in [3.05, 3.63) is 50.8 Å². The van der Waals surface area contributed by atoms with Gasteiger partial charge in [0.15, 0.2) is 0 Å². The average Bonchev–Trinajstić information content (AvgIpc) is 2.84. The predicted molar refractivity (Wildman–Crippen MR) is 85.1 cm³/mol. The fraction of sp³-hybridized carbons (Fsp3) is 0.312. The fourth-order valence-corrected chi connectivity index (χ4v) is 3.51. The number of aryl methyl sites for hydroxylation is 2. The molecule has 0 aliphatic carbocycles. The second kappa shape index (κ2) is 5.81. The maximum atomic E-state index is 12.9. The largest absolute Gasteiger partial charge is 0.480 e. The third-order valence-electron chi connectivity index (χ3n) is 4.12. The summed E-state index contributed by atoms with van der Waals surface area (Å²) in [5.41, 5.74) is 2.69. The lowest BCUT2D eigenvalue weighted by atomic mass is 9.93. The molecule has 1 aromatic carbocycles. The Kier molecular flexibility index (Phi) is 3.97. The van der Waals surface area contributed by atoms with Gasteiger partial charge in [-0.25, -0.2) is 4.79 Å². The summed E-state index contributed by atoms with van der Waals surface area (Å²) in [5, 5.41) is 13.3. The van der Waals surface area contributed by atoms with E-state index < -0.39 is 12.0 Å². The number of benzene rings is 1. The highest BCUT2D eigenvalue weighted by molar-refractivity contribution is 9.10. The molecule has 1 amide bonds. The summed E-state index contributed by atoms with van der Waals surface area (Å²) in [6, 6.07) is 4.75. The number of carboxylic acids is 1. The van der Waals surface area contributed by atoms with Gasteiger partial charge in [0.05, 0.1) is 5.69 Å². The quantitative estimate of drug-likeness (QED) is 0.868. The first-order valence-corrected chi connectivity index (χ1v) is 7.92. The van der Waals surface area contributed by atoms with Crippen LogP contribution in [0, 0.1) is 13.8 Å². The maximum absolute atomic E-state index is 12.9. The van der Waals surface area contributed by atoms with Gasteiger partial charge in [0.1, 0.15) is 17.4 Å². The molecule has 7 heteroatoms. The lowest BCUT2D eigenvalue weighted by Crippen LogP contribution is -2.49. The minimum Gasteiger partial charge on any atom is -0.480 e. The standard InChI is InChI=1S/C16H15BrN2O4/c1-8-14(9(2)23-18-8)15(20)19-7-10-4-3-5-12(17)11(10)6-13(19)16(21)22/h3-5,13H,6-7H2,1-2H3,(H,21,22). The number of aromatic nitrogens is 1. The summed E-state index contributed by atoms with van der Waals surface area (Å²) >= 11 is 3.46. The monoisotopic (exact) mass is 378 g/mol. The lowest BCUT2D eigenvalue weighted by Gasteiger charge is -2.34. The van der Waals surface area contributed by atoms with Crippen LogP contribution in [0.5, 0.6) is 0 Å². The smallest absolute Gasteiger partial charge is 0.326 e. The summed E-state index contributed by atoms with van der Waals surface area (Å²) in [5.74, 6) is -0.984. The second-order valence-corrected chi connectivity index (χ2v) is 6.42. The molecule has 1 atom stereocenters. The highest BCUT2D eigenvalue weighted by Gasteiger charge is 2.37. The van der Waals surface area contributed by atoms with E-state index in [-0.39, 0.29) is 18.9 Å². The Balaban J connectivity index is 2.04. The number of carboxylic acid groups (broad SMARTS) is 1. The summed E-state index contributed by atoms with van der Waals surface area (Å²) in [6.45, 7) is 3.57. The highest BCUT2D eigenvalue weighted by atomic mass is 79.9. The first-order chi connectivity index (χ1) is 10.9. The Morgan fingerprint density at radius 2 is 2.13 bits per heavy atom. The average molecular weight is 379 g/mol. The number of rotatable bonds is 2. The molecule has 0 spiro atoms. The van der Waals surface area contributed by atoms with E-state index in [9.17, 15) is 14.7 Å². The van der Waals surface area contributed by atoms with Gasteiger partial charge in [0, 0.05) is 17.4 Å². The second-order valence-electron chi connectivity index (χ2n) is 5.57. The molecule has 1 aliphatic rings. The molecule has 0 fully saturated rings. The third-order valence-corrected chi connectivity index (χ3v) is 4.87. The van der Waals surface area contributed by atoms with Crippen molar-refractivity contribution in [3.63, 3.8) is 0 Å². The molecular formula is C16H15BrN2O4. The number of nitrogens with zero attached hydrogens (tertiary/aromatic N) is 2. The summed E-state index contributed by atoms with van der Waals surface area (Å²) < 4.78 is 5.91. The molecule has 2 heterocycles. The molecule has 0 bridgehead atoms. The molecule has 1 aliphatic heterocycles. The van der Waals surface area contributed by atoms with Crippen LogP contribution in [0.25, 0.3) is 0 Å². The predicted octanol–water partition coefficient (Wildman–Crippen LogP) is 2.71. The van der Waals surface area contributed by atoms with Crippen LogP contribution in [0.1, 0.15) is 32.9 Å². The Morgan fingerprint density at radius 1 is 1.39 bits per heavy atom. The zero-order valence-electron chi connectivity index (χ0n) is 12.7. The van der Waals surface area contributed by atoms with Crippen molar-refractivity contribution in [2.45, 2.75) is 32.9 Å². The first kappa shape index (κ1) is 15.7. The number of aliphatic carboxylic acids is 1. The molecule has 6 nitrogen and oxygen atoms in total.